The first-order valence-electron chi connectivity index (χ1n) is 6.69. The van der Waals surface area contributed by atoms with Crippen molar-refractivity contribution < 1.29 is 13.5 Å². The molecule has 2 aromatic rings. The highest BCUT2D eigenvalue weighted by Gasteiger charge is 2.28. The Bertz CT molecular complexity index is 659. The van der Waals surface area contributed by atoms with E-state index >= 15 is 0 Å². The smallest absolute Gasteiger partial charge is 0.253 e. The van der Waals surface area contributed by atoms with E-state index in [1.54, 1.807) is 23.5 Å². The minimum Gasteiger partial charge on any atom is -0.396 e. The molecule has 0 unspecified atom stereocenters. The van der Waals surface area contributed by atoms with Gasteiger partial charge in [-0.1, -0.05) is 6.07 Å². The van der Waals surface area contributed by atoms with Gasteiger partial charge in [-0.2, -0.15) is 4.31 Å². The molecule has 7 heteroatoms. The number of thiophene rings is 2. The zero-order valence-electron chi connectivity index (χ0n) is 12.0. The zero-order valence-corrected chi connectivity index (χ0v) is 14.5. The number of nitrogens with zero attached hydrogens (tertiary/aromatic N) is 1. The molecule has 0 aliphatic rings. The molecule has 0 amide bonds. The van der Waals surface area contributed by atoms with Crippen LogP contribution in [0.2, 0.25) is 0 Å². The van der Waals surface area contributed by atoms with Crippen LogP contribution in [0.3, 0.4) is 0 Å². The number of hydrogen-bond donors (Lipinski definition) is 1. The normalized spacial score (nSPS) is 12.4. The zero-order chi connectivity index (χ0) is 15.5. The van der Waals surface area contributed by atoms with Crippen LogP contribution in [-0.2, 0) is 23.0 Å². The van der Waals surface area contributed by atoms with Crippen LogP contribution in [0.25, 0.3) is 0 Å². The Balaban J connectivity index is 2.28. The van der Waals surface area contributed by atoms with E-state index in [0.29, 0.717) is 17.2 Å². The van der Waals surface area contributed by atoms with Gasteiger partial charge in [-0.3, -0.25) is 0 Å². The summed E-state index contributed by atoms with van der Waals surface area (Å²) in [5.41, 5.74) is 0. The number of sulfonamides is 1. The van der Waals surface area contributed by atoms with E-state index < -0.39 is 10.0 Å². The molecular weight excluding hydrogens is 326 g/mol. The highest BCUT2D eigenvalue weighted by atomic mass is 32.2. The van der Waals surface area contributed by atoms with Crippen LogP contribution in [0.1, 0.15) is 23.6 Å². The third-order valence-electron chi connectivity index (χ3n) is 3.03. The molecule has 0 bridgehead atoms. The lowest BCUT2D eigenvalue weighted by atomic mass is 10.4. The van der Waals surface area contributed by atoms with Gasteiger partial charge >= 0.3 is 0 Å². The minimum absolute atomic E-state index is 0.0308. The van der Waals surface area contributed by atoms with E-state index in [2.05, 4.69) is 0 Å². The lowest BCUT2D eigenvalue weighted by Gasteiger charge is -2.24. The maximum atomic E-state index is 12.8. The molecule has 2 aromatic heterocycles. The molecule has 0 aromatic carbocycles. The van der Waals surface area contributed by atoms with E-state index in [1.165, 1.54) is 15.6 Å². The fourth-order valence-corrected chi connectivity index (χ4v) is 5.83. The molecule has 0 fully saturated rings. The van der Waals surface area contributed by atoms with Crippen molar-refractivity contribution in [1.82, 2.24) is 4.31 Å². The minimum atomic E-state index is -3.50. The Morgan fingerprint density at radius 1 is 1.24 bits per heavy atom. The maximum absolute atomic E-state index is 12.8. The van der Waals surface area contributed by atoms with Crippen molar-refractivity contribution in [2.24, 2.45) is 0 Å². The van der Waals surface area contributed by atoms with Crippen molar-refractivity contribution in [3.63, 3.8) is 0 Å². The van der Waals surface area contributed by atoms with Gasteiger partial charge < -0.3 is 5.11 Å². The Hall–Kier alpha value is -0.730. The summed E-state index contributed by atoms with van der Waals surface area (Å²) < 4.78 is 27.5. The van der Waals surface area contributed by atoms with Crippen molar-refractivity contribution >= 4 is 32.7 Å². The highest BCUT2D eigenvalue weighted by Crippen LogP contribution is 2.28. The average Bonchev–Trinajstić information content (AvgIpc) is 3.07. The van der Waals surface area contributed by atoms with Crippen molar-refractivity contribution in [2.75, 3.05) is 6.61 Å². The maximum Gasteiger partial charge on any atom is 0.253 e. The SMILES string of the molecule is CC(C)N(Cc1cccs1)S(=O)(=O)c1ccc(CCO)s1. The van der Waals surface area contributed by atoms with Gasteiger partial charge in [0.1, 0.15) is 4.21 Å². The molecule has 0 atom stereocenters. The van der Waals surface area contributed by atoms with Crippen molar-refractivity contribution in [2.45, 2.75) is 37.1 Å². The van der Waals surface area contributed by atoms with Crippen molar-refractivity contribution in [3.8, 4) is 0 Å². The first-order valence-corrected chi connectivity index (χ1v) is 9.82. The second-order valence-corrected chi connectivity index (χ2v) is 9.24. The van der Waals surface area contributed by atoms with Gasteiger partial charge in [-0.25, -0.2) is 8.42 Å². The van der Waals surface area contributed by atoms with Gasteiger partial charge in [0, 0.05) is 35.4 Å². The fraction of sp³-hybridized carbons (Fsp3) is 0.429. The lowest BCUT2D eigenvalue weighted by molar-refractivity contribution is 0.300. The van der Waals surface area contributed by atoms with Crippen LogP contribution in [0.15, 0.2) is 33.9 Å². The van der Waals surface area contributed by atoms with Gasteiger partial charge in [-0.05, 0) is 37.4 Å². The number of aliphatic hydroxyl groups excluding tert-OH is 1. The first-order chi connectivity index (χ1) is 9.95. The van der Waals surface area contributed by atoms with E-state index in [9.17, 15) is 8.42 Å². The number of hydrogen-bond acceptors (Lipinski definition) is 5. The highest BCUT2D eigenvalue weighted by molar-refractivity contribution is 7.91. The summed E-state index contributed by atoms with van der Waals surface area (Å²) in [7, 11) is -3.50. The summed E-state index contributed by atoms with van der Waals surface area (Å²) in [6.07, 6.45) is 0.493. The third-order valence-corrected chi connectivity index (χ3v) is 7.52. The number of rotatable bonds is 7. The Kier molecular flexibility index (Phi) is 5.56. The van der Waals surface area contributed by atoms with Crippen LogP contribution >= 0.6 is 22.7 Å². The summed E-state index contributed by atoms with van der Waals surface area (Å²) in [6.45, 7) is 4.19. The van der Waals surface area contributed by atoms with Crippen LogP contribution in [0.4, 0.5) is 0 Å². The molecule has 0 aliphatic carbocycles. The molecular formula is C14H19NO3S3. The molecule has 0 saturated heterocycles. The first kappa shape index (κ1) is 16.6. The summed E-state index contributed by atoms with van der Waals surface area (Å²) in [5.74, 6) is 0. The largest absolute Gasteiger partial charge is 0.396 e. The summed E-state index contributed by atoms with van der Waals surface area (Å²) in [6, 6.07) is 7.17. The summed E-state index contributed by atoms with van der Waals surface area (Å²) in [5, 5.41) is 10.9. The quantitative estimate of drug-likeness (QED) is 0.839. The molecule has 0 spiro atoms. The van der Waals surface area contributed by atoms with Crippen LogP contribution in [0.5, 0.6) is 0 Å². The molecule has 1 N–H and O–H groups in total. The molecule has 0 radical (unpaired) electrons. The molecule has 2 rings (SSSR count). The molecule has 4 nitrogen and oxygen atoms in total. The summed E-state index contributed by atoms with van der Waals surface area (Å²) >= 11 is 2.79. The Morgan fingerprint density at radius 3 is 2.57 bits per heavy atom. The second kappa shape index (κ2) is 7.02. The van der Waals surface area contributed by atoms with Gasteiger partial charge in [0.25, 0.3) is 10.0 Å². The monoisotopic (exact) mass is 345 g/mol. The topological polar surface area (TPSA) is 57.6 Å². The Morgan fingerprint density at radius 2 is 2.00 bits per heavy atom. The van der Waals surface area contributed by atoms with E-state index in [0.717, 1.165) is 9.75 Å². The van der Waals surface area contributed by atoms with Crippen molar-refractivity contribution in [3.05, 3.63) is 39.4 Å². The predicted octanol–water partition coefficient (Wildman–Crippen LogP) is 2.94. The van der Waals surface area contributed by atoms with Crippen LogP contribution < -0.4 is 0 Å². The standard InChI is InChI=1S/C14H19NO3S3/c1-11(2)15(10-13-4-3-9-19-13)21(17,18)14-6-5-12(20-14)7-8-16/h3-6,9,11,16H,7-8,10H2,1-2H3. The number of aliphatic hydroxyl groups is 1. The summed E-state index contributed by atoms with van der Waals surface area (Å²) in [4.78, 5) is 1.91. The molecule has 2 heterocycles. The van der Waals surface area contributed by atoms with E-state index in [4.69, 9.17) is 5.11 Å². The fourth-order valence-electron chi connectivity index (χ4n) is 1.96. The molecule has 21 heavy (non-hydrogen) atoms. The van der Waals surface area contributed by atoms with Gasteiger partial charge in [-0.15, -0.1) is 22.7 Å². The van der Waals surface area contributed by atoms with Crippen LogP contribution in [0, 0.1) is 0 Å². The Labute approximate surface area is 133 Å². The third kappa shape index (κ3) is 3.92. The van der Waals surface area contributed by atoms with Gasteiger partial charge in [0.15, 0.2) is 0 Å². The van der Waals surface area contributed by atoms with E-state index in [1.807, 2.05) is 31.4 Å². The van der Waals surface area contributed by atoms with Crippen LogP contribution in [-0.4, -0.2) is 30.5 Å². The lowest BCUT2D eigenvalue weighted by Crippen LogP contribution is -2.35. The molecule has 0 aliphatic heterocycles. The van der Waals surface area contributed by atoms with Gasteiger partial charge in [0.05, 0.1) is 0 Å². The molecule has 116 valence electrons. The average molecular weight is 346 g/mol. The predicted molar refractivity (Wildman–Crippen MR) is 87.3 cm³/mol. The molecule has 0 saturated carbocycles. The van der Waals surface area contributed by atoms with Crippen molar-refractivity contribution in [1.29, 1.82) is 0 Å². The van der Waals surface area contributed by atoms with E-state index in [-0.39, 0.29) is 12.6 Å². The van der Waals surface area contributed by atoms with Gasteiger partial charge in [0.2, 0.25) is 0 Å². The second-order valence-electron chi connectivity index (χ2n) is 4.92.